The maximum atomic E-state index is 11.5. The summed E-state index contributed by atoms with van der Waals surface area (Å²) < 4.78 is 0. The van der Waals surface area contributed by atoms with E-state index in [1.807, 2.05) is 32.2 Å². The first-order valence-corrected chi connectivity index (χ1v) is 4.16. The molecule has 1 aliphatic heterocycles. The van der Waals surface area contributed by atoms with E-state index in [4.69, 9.17) is 0 Å². The summed E-state index contributed by atoms with van der Waals surface area (Å²) in [7, 11) is 5.72. The zero-order chi connectivity index (χ0) is 9.30. The second-order valence-corrected chi connectivity index (χ2v) is 3.59. The minimum absolute atomic E-state index is 0.163. The fourth-order valence-electron chi connectivity index (χ4n) is 1.39. The molecule has 1 fully saturated rings. The molecular weight excluding hydrogens is 152 g/mol. The minimum Gasteiger partial charge on any atom is -0.383 e. The molecule has 12 heavy (non-hydrogen) atoms. The molecule has 0 aromatic heterocycles. The third kappa shape index (κ3) is 1.60. The molecule has 1 atom stereocenters. The Morgan fingerprint density at radius 3 is 2.50 bits per heavy atom. The van der Waals surface area contributed by atoms with Gasteiger partial charge >= 0.3 is 0 Å². The van der Waals surface area contributed by atoms with E-state index in [1.54, 1.807) is 4.90 Å². The fraction of sp³-hybridized carbons (Fsp3) is 0.667. The molecule has 0 N–H and O–H groups in total. The normalized spacial score (nSPS) is 27.0. The Hall–Kier alpha value is -0.990. The molecule has 1 heterocycles. The highest BCUT2D eigenvalue weighted by Gasteiger charge is 2.28. The Morgan fingerprint density at radius 2 is 2.17 bits per heavy atom. The molecule has 0 aromatic carbocycles. The van der Waals surface area contributed by atoms with E-state index < -0.39 is 0 Å². The van der Waals surface area contributed by atoms with Crippen molar-refractivity contribution in [1.82, 2.24) is 9.80 Å². The SMILES string of the molecule is CC1C/C(=C/N(C)C)C(=O)N1C. The molecule has 0 aliphatic carbocycles. The van der Waals surface area contributed by atoms with Crippen LogP contribution < -0.4 is 0 Å². The number of rotatable bonds is 1. The second-order valence-electron chi connectivity index (χ2n) is 3.59. The van der Waals surface area contributed by atoms with Gasteiger partial charge in [0.2, 0.25) is 0 Å². The van der Waals surface area contributed by atoms with Gasteiger partial charge in [0.15, 0.2) is 0 Å². The summed E-state index contributed by atoms with van der Waals surface area (Å²) in [6.45, 7) is 2.06. The number of carbonyl (C=O) groups excluding carboxylic acids is 1. The van der Waals surface area contributed by atoms with Crippen molar-refractivity contribution in [2.45, 2.75) is 19.4 Å². The number of amides is 1. The van der Waals surface area contributed by atoms with E-state index in [2.05, 4.69) is 6.92 Å². The maximum absolute atomic E-state index is 11.5. The average Bonchev–Trinajstić information content (AvgIpc) is 2.17. The zero-order valence-corrected chi connectivity index (χ0v) is 8.16. The van der Waals surface area contributed by atoms with Crippen molar-refractivity contribution in [3.63, 3.8) is 0 Å². The van der Waals surface area contributed by atoms with Gasteiger partial charge in [-0.25, -0.2) is 0 Å². The van der Waals surface area contributed by atoms with Crippen LogP contribution in [0.5, 0.6) is 0 Å². The lowest BCUT2D eigenvalue weighted by Crippen LogP contribution is -2.26. The third-order valence-electron chi connectivity index (χ3n) is 2.19. The van der Waals surface area contributed by atoms with E-state index in [-0.39, 0.29) is 5.91 Å². The molecule has 0 radical (unpaired) electrons. The second kappa shape index (κ2) is 3.17. The number of nitrogens with zero attached hydrogens (tertiary/aromatic N) is 2. The highest BCUT2D eigenvalue weighted by molar-refractivity contribution is 5.95. The van der Waals surface area contributed by atoms with Crippen molar-refractivity contribution in [2.75, 3.05) is 21.1 Å². The molecular formula is C9H16N2O. The summed E-state index contributed by atoms with van der Waals surface area (Å²) in [6, 6.07) is 0.351. The van der Waals surface area contributed by atoms with Crippen molar-refractivity contribution in [1.29, 1.82) is 0 Å². The van der Waals surface area contributed by atoms with Crippen molar-refractivity contribution >= 4 is 5.91 Å². The van der Waals surface area contributed by atoms with Crippen molar-refractivity contribution in [3.8, 4) is 0 Å². The first kappa shape index (κ1) is 9.10. The standard InChI is InChI=1S/C9H16N2O/c1-7-5-8(6-10(2)3)9(12)11(7)4/h6-7H,5H2,1-4H3/b8-6-. The van der Waals surface area contributed by atoms with Crippen LogP contribution in [0, 0.1) is 0 Å². The summed E-state index contributed by atoms with van der Waals surface area (Å²) in [5.41, 5.74) is 0.912. The molecule has 1 amide bonds. The van der Waals surface area contributed by atoms with E-state index in [1.165, 1.54) is 0 Å². The van der Waals surface area contributed by atoms with Gasteiger partial charge in [-0.05, 0) is 13.3 Å². The van der Waals surface area contributed by atoms with Crippen LogP contribution in [-0.2, 0) is 4.79 Å². The highest BCUT2D eigenvalue weighted by Crippen LogP contribution is 2.21. The fourth-order valence-corrected chi connectivity index (χ4v) is 1.39. The molecule has 0 saturated carbocycles. The van der Waals surface area contributed by atoms with Gasteiger partial charge in [0.1, 0.15) is 0 Å². The Bertz CT molecular complexity index is 221. The van der Waals surface area contributed by atoms with Gasteiger partial charge in [0.25, 0.3) is 5.91 Å². The van der Waals surface area contributed by atoms with Crippen LogP contribution in [0.4, 0.5) is 0 Å². The van der Waals surface area contributed by atoms with E-state index in [9.17, 15) is 4.79 Å². The van der Waals surface area contributed by atoms with Gasteiger partial charge in [-0.1, -0.05) is 0 Å². The lowest BCUT2D eigenvalue weighted by molar-refractivity contribution is -0.124. The molecule has 1 unspecified atom stereocenters. The molecule has 1 rings (SSSR count). The van der Waals surface area contributed by atoms with Gasteiger partial charge in [0.05, 0.1) is 0 Å². The molecule has 3 heteroatoms. The van der Waals surface area contributed by atoms with Crippen LogP contribution in [0.3, 0.4) is 0 Å². The number of hydrogen-bond donors (Lipinski definition) is 0. The monoisotopic (exact) mass is 168 g/mol. The van der Waals surface area contributed by atoms with Gasteiger partial charge in [-0.2, -0.15) is 0 Å². The topological polar surface area (TPSA) is 23.6 Å². The molecule has 0 aromatic rings. The lowest BCUT2D eigenvalue weighted by Gasteiger charge is -2.12. The summed E-state index contributed by atoms with van der Waals surface area (Å²) in [6.07, 6.45) is 2.77. The number of likely N-dealkylation sites (N-methyl/N-ethyl adjacent to an activating group) is 1. The quantitative estimate of drug-likeness (QED) is 0.538. The zero-order valence-electron chi connectivity index (χ0n) is 8.16. The Morgan fingerprint density at radius 1 is 1.58 bits per heavy atom. The van der Waals surface area contributed by atoms with Crippen molar-refractivity contribution in [2.24, 2.45) is 0 Å². The maximum Gasteiger partial charge on any atom is 0.251 e. The molecule has 0 bridgehead atoms. The van der Waals surface area contributed by atoms with Gasteiger partial charge in [-0.3, -0.25) is 4.79 Å². The lowest BCUT2D eigenvalue weighted by atomic mass is 10.2. The third-order valence-corrected chi connectivity index (χ3v) is 2.19. The van der Waals surface area contributed by atoms with E-state index in [0.717, 1.165) is 12.0 Å². The number of carbonyl (C=O) groups is 1. The Kier molecular flexibility index (Phi) is 2.40. The van der Waals surface area contributed by atoms with Crippen LogP contribution >= 0.6 is 0 Å². The number of hydrogen-bond acceptors (Lipinski definition) is 2. The van der Waals surface area contributed by atoms with Crippen molar-refractivity contribution < 1.29 is 4.79 Å². The smallest absolute Gasteiger partial charge is 0.251 e. The van der Waals surface area contributed by atoms with Crippen molar-refractivity contribution in [3.05, 3.63) is 11.8 Å². The number of likely N-dealkylation sites (tertiary alicyclic amines) is 1. The molecule has 1 saturated heterocycles. The average molecular weight is 168 g/mol. The van der Waals surface area contributed by atoms with Gasteiger partial charge in [0, 0.05) is 39.0 Å². The summed E-state index contributed by atoms with van der Waals surface area (Å²) in [4.78, 5) is 15.2. The van der Waals surface area contributed by atoms with Crippen LogP contribution in [0.15, 0.2) is 11.8 Å². The largest absolute Gasteiger partial charge is 0.383 e. The molecule has 0 spiro atoms. The highest BCUT2D eigenvalue weighted by atomic mass is 16.2. The Labute approximate surface area is 73.6 Å². The molecule has 3 nitrogen and oxygen atoms in total. The van der Waals surface area contributed by atoms with Gasteiger partial charge < -0.3 is 9.80 Å². The predicted molar refractivity (Wildman–Crippen MR) is 48.6 cm³/mol. The minimum atomic E-state index is 0.163. The van der Waals surface area contributed by atoms with E-state index >= 15 is 0 Å². The predicted octanol–water partition coefficient (Wildman–Crippen LogP) is 0.682. The summed E-state index contributed by atoms with van der Waals surface area (Å²) in [5, 5.41) is 0. The molecule has 68 valence electrons. The Balaban J connectivity index is 2.78. The summed E-state index contributed by atoms with van der Waals surface area (Å²) in [5.74, 6) is 0.163. The molecule has 1 aliphatic rings. The van der Waals surface area contributed by atoms with Crippen LogP contribution in [0.25, 0.3) is 0 Å². The van der Waals surface area contributed by atoms with Crippen LogP contribution in [-0.4, -0.2) is 42.9 Å². The first-order valence-electron chi connectivity index (χ1n) is 4.16. The first-order chi connectivity index (χ1) is 5.52. The van der Waals surface area contributed by atoms with Gasteiger partial charge in [-0.15, -0.1) is 0 Å². The van der Waals surface area contributed by atoms with Crippen LogP contribution in [0.2, 0.25) is 0 Å². The van der Waals surface area contributed by atoms with E-state index in [0.29, 0.717) is 6.04 Å². The summed E-state index contributed by atoms with van der Waals surface area (Å²) >= 11 is 0. The van der Waals surface area contributed by atoms with Crippen LogP contribution in [0.1, 0.15) is 13.3 Å².